The van der Waals surface area contributed by atoms with E-state index >= 15 is 0 Å². The molecule has 21 heavy (non-hydrogen) atoms. The summed E-state index contributed by atoms with van der Waals surface area (Å²) in [6, 6.07) is 5.43. The summed E-state index contributed by atoms with van der Waals surface area (Å²) in [5.74, 6) is 1.52. The van der Waals surface area contributed by atoms with E-state index in [-0.39, 0.29) is 12.1 Å². The monoisotopic (exact) mass is 292 g/mol. The molecule has 6 nitrogen and oxygen atoms in total. The van der Waals surface area contributed by atoms with E-state index in [1.165, 1.54) is 6.42 Å². The van der Waals surface area contributed by atoms with Crippen LogP contribution in [0.15, 0.2) is 18.2 Å². The molecule has 1 aliphatic heterocycles. The number of benzene rings is 1. The molecule has 0 atom stereocenters. The smallest absolute Gasteiger partial charge is 0.341 e. The van der Waals surface area contributed by atoms with E-state index in [0.717, 1.165) is 29.9 Å². The molecule has 2 amide bonds. The molecule has 0 bridgehead atoms. The van der Waals surface area contributed by atoms with Gasteiger partial charge in [0.2, 0.25) is 0 Å². The number of fused-ring (bicyclic) bond motifs is 1. The lowest BCUT2D eigenvalue weighted by molar-refractivity contribution is -0.0503. The minimum absolute atomic E-state index is 0.175. The number of amides is 2. The fourth-order valence-electron chi connectivity index (χ4n) is 2.34. The molecule has 1 aromatic carbocycles. The van der Waals surface area contributed by atoms with Gasteiger partial charge in [-0.1, -0.05) is 0 Å². The predicted octanol–water partition coefficient (Wildman–Crippen LogP) is 2.08. The first-order valence-corrected chi connectivity index (χ1v) is 7.26. The highest BCUT2D eigenvalue weighted by Gasteiger charge is 2.23. The number of hydrogen-bond acceptors (Lipinski definition) is 4. The van der Waals surface area contributed by atoms with Gasteiger partial charge < -0.3 is 14.4 Å². The number of urea groups is 1. The first-order chi connectivity index (χ1) is 10.3. The topological polar surface area (TPSA) is 60.0 Å². The molecule has 0 spiro atoms. The number of methoxy groups -OCH3 is 1. The zero-order chi connectivity index (χ0) is 14.7. The molecule has 3 rings (SSSR count). The summed E-state index contributed by atoms with van der Waals surface area (Å²) in [4.78, 5) is 19.2. The molecule has 114 valence electrons. The Kier molecular flexibility index (Phi) is 4.15. The molecule has 1 aliphatic carbocycles. The SMILES string of the molecule is COc1ccc2c(c1)OCCN(C(=O)NOC1CCC1)C2. The minimum Gasteiger partial charge on any atom is -0.497 e. The summed E-state index contributed by atoms with van der Waals surface area (Å²) < 4.78 is 10.9. The molecular formula is C15H20N2O4. The van der Waals surface area contributed by atoms with Crippen molar-refractivity contribution in [3.63, 3.8) is 0 Å². The lowest BCUT2D eigenvalue weighted by Crippen LogP contribution is -2.43. The number of nitrogens with one attached hydrogen (secondary N) is 1. The summed E-state index contributed by atoms with van der Waals surface area (Å²) in [5.41, 5.74) is 3.51. The predicted molar refractivity (Wildman–Crippen MR) is 76.2 cm³/mol. The molecule has 1 saturated carbocycles. The van der Waals surface area contributed by atoms with Gasteiger partial charge in [-0.25, -0.2) is 10.3 Å². The zero-order valence-electron chi connectivity index (χ0n) is 12.1. The Morgan fingerprint density at radius 1 is 1.43 bits per heavy atom. The van der Waals surface area contributed by atoms with Crippen molar-refractivity contribution >= 4 is 6.03 Å². The Morgan fingerprint density at radius 2 is 2.29 bits per heavy atom. The Labute approximate surface area is 123 Å². The highest BCUT2D eigenvalue weighted by atomic mass is 16.7. The maximum Gasteiger partial charge on any atom is 0.341 e. The fraction of sp³-hybridized carbons (Fsp3) is 0.533. The highest BCUT2D eigenvalue weighted by Crippen LogP contribution is 2.28. The summed E-state index contributed by atoms with van der Waals surface area (Å²) in [7, 11) is 1.62. The van der Waals surface area contributed by atoms with Gasteiger partial charge in [0.25, 0.3) is 0 Å². The van der Waals surface area contributed by atoms with Crippen LogP contribution in [-0.4, -0.2) is 37.3 Å². The van der Waals surface area contributed by atoms with E-state index in [1.54, 1.807) is 12.0 Å². The van der Waals surface area contributed by atoms with E-state index in [1.807, 2.05) is 18.2 Å². The van der Waals surface area contributed by atoms with Crippen molar-refractivity contribution in [3.05, 3.63) is 23.8 Å². The number of hydrogen-bond donors (Lipinski definition) is 1. The van der Waals surface area contributed by atoms with Crippen molar-refractivity contribution < 1.29 is 19.1 Å². The second kappa shape index (κ2) is 6.22. The third-order valence-electron chi connectivity index (χ3n) is 3.91. The number of carbonyl (C=O) groups excluding carboxylic acids is 1. The number of ether oxygens (including phenoxy) is 2. The Hall–Kier alpha value is -1.95. The maximum absolute atomic E-state index is 12.1. The van der Waals surface area contributed by atoms with E-state index in [0.29, 0.717) is 19.7 Å². The lowest BCUT2D eigenvalue weighted by atomic mass is 9.97. The third-order valence-corrected chi connectivity index (χ3v) is 3.91. The molecule has 0 saturated heterocycles. The van der Waals surface area contributed by atoms with Gasteiger partial charge in [-0.15, -0.1) is 0 Å². The summed E-state index contributed by atoms with van der Waals surface area (Å²) in [6.07, 6.45) is 3.39. The van der Waals surface area contributed by atoms with Crippen LogP contribution in [0.3, 0.4) is 0 Å². The van der Waals surface area contributed by atoms with Crippen LogP contribution in [0.5, 0.6) is 11.5 Å². The molecule has 1 N–H and O–H groups in total. The number of rotatable bonds is 3. The second-order valence-electron chi connectivity index (χ2n) is 5.32. The average molecular weight is 292 g/mol. The molecule has 2 aliphatic rings. The van der Waals surface area contributed by atoms with Crippen LogP contribution in [0.4, 0.5) is 4.79 Å². The summed E-state index contributed by atoms with van der Waals surface area (Å²) in [6.45, 7) is 1.48. The quantitative estimate of drug-likeness (QED) is 0.867. The third kappa shape index (κ3) is 3.21. The van der Waals surface area contributed by atoms with Gasteiger partial charge in [-0.3, -0.25) is 4.84 Å². The molecular weight excluding hydrogens is 272 g/mol. The van der Waals surface area contributed by atoms with Crippen molar-refractivity contribution in [1.82, 2.24) is 10.4 Å². The molecule has 0 radical (unpaired) electrons. The molecule has 1 fully saturated rings. The van der Waals surface area contributed by atoms with Crippen LogP contribution in [0.2, 0.25) is 0 Å². The van der Waals surface area contributed by atoms with Crippen LogP contribution in [-0.2, 0) is 11.4 Å². The van der Waals surface area contributed by atoms with E-state index < -0.39 is 0 Å². The lowest BCUT2D eigenvalue weighted by Gasteiger charge is -2.27. The average Bonchev–Trinajstić information content (AvgIpc) is 2.66. The van der Waals surface area contributed by atoms with Crippen LogP contribution in [0.1, 0.15) is 24.8 Å². The Bertz CT molecular complexity index is 516. The van der Waals surface area contributed by atoms with Gasteiger partial charge in [-0.2, -0.15) is 0 Å². The zero-order valence-corrected chi connectivity index (χ0v) is 12.1. The van der Waals surface area contributed by atoms with Crippen LogP contribution < -0.4 is 15.0 Å². The number of hydroxylamine groups is 1. The van der Waals surface area contributed by atoms with Gasteiger partial charge in [0, 0.05) is 11.6 Å². The van der Waals surface area contributed by atoms with Gasteiger partial charge in [0.05, 0.1) is 26.3 Å². The van der Waals surface area contributed by atoms with Gasteiger partial charge >= 0.3 is 6.03 Å². The molecule has 1 heterocycles. The summed E-state index contributed by atoms with van der Waals surface area (Å²) in [5, 5.41) is 0. The molecule has 1 aromatic rings. The first-order valence-electron chi connectivity index (χ1n) is 7.26. The van der Waals surface area contributed by atoms with Crippen LogP contribution in [0.25, 0.3) is 0 Å². The first kappa shape index (κ1) is 14.0. The van der Waals surface area contributed by atoms with Gasteiger partial charge in [0.1, 0.15) is 18.1 Å². The van der Waals surface area contributed by atoms with Crippen molar-refractivity contribution in [2.24, 2.45) is 0 Å². The Morgan fingerprint density at radius 3 is 3.00 bits per heavy atom. The van der Waals surface area contributed by atoms with Gasteiger partial charge in [0.15, 0.2) is 0 Å². The summed E-state index contributed by atoms with van der Waals surface area (Å²) >= 11 is 0. The van der Waals surface area contributed by atoms with Crippen molar-refractivity contribution in [1.29, 1.82) is 0 Å². The van der Waals surface area contributed by atoms with E-state index in [4.69, 9.17) is 14.3 Å². The Balaban J connectivity index is 1.62. The van der Waals surface area contributed by atoms with E-state index in [9.17, 15) is 4.79 Å². The van der Waals surface area contributed by atoms with E-state index in [2.05, 4.69) is 5.48 Å². The minimum atomic E-state index is -0.214. The van der Waals surface area contributed by atoms with Crippen LogP contribution >= 0.6 is 0 Å². The largest absolute Gasteiger partial charge is 0.497 e. The molecule has 6 heteroatoms. The standard InChI is InChI=1S/C15H20N2O4/c1-19-13-6-5-11-10-17(7-8-20-14(11)9-13)15(18)16-21-12-3-2-4-12/h5-6,9,12H,2-4,7-8,10H2,1H3,(H,16,18). The maximum atomic E-state index is 12.1. The fourth-order valence-corrected chi connectivity index (χ4v) is 2.34. The van der Waals surface area contributed by atoms with Crippen molar-refractivity contribution in [3.8, 4) is 11.5 Å². The van der Waals surface area contributed by atoms with Crippen LogP contribution in [0, 0.1) is 0 Å². The normalized spacial score (nSPS) is 18.0. The number of carbonyl (C=O) groups is 1. The highest BCUT2D eigenvalue weighted by molar-refractivity contribution is 5.73. The number of nitrogens with zero attached hydrogens (tertiary/aromatic N) is 1. The van der Waals surface area contributed by atoms with Crippen molar-refractivity contribution in [2.75, 3.05) is 20.3 Å². The van der Waals surface area contributed by atoms with Gasteiger partial charge in [-0.05, 0) is 31.4 Å². The van der Waals surface area contributed by atoms with Crippen molar-refractivity contribution in [2.45, 2.75) is 31.9 Å². The molecule has 0 aromatic heterocycles. The second-order valence-corrected chi connectivity index (χ2v) is 5.32. The molecule has 0 unspecified atom stereocenters.